The van der Waals surface area contributed by atoms with Crippen molar-refractivity contribution in [2.45, 2.75) is 38.9 Å². The number of aromatic nitrogens is 2. The van der Waals surface area contributed by atoms with Crippen LogP contribution in [0.4, 0.5) is 20.8 Å². The third kappa shape index (κ3) is 5.13. The average Bonchev–Trinajstić information content (AvgIpc) is 3.45. The van der Waals surface area contributed by atoms with E-state index >= 15 is 0 Å². The van der Waals surface area contributed by atoms with Crippen molar-refractivity contribution in [1.82, 2.24) is 19.8 Å². The van der Waals surface area contributed by atoms with Crippen LogP contribution in [0.25, 0.3) is 11.3 Å². The Hall–Kier alpha value is -3.27. The summed E-state index contributed by atoms with van der Waals surface area (Å²) < 4.78 is 20.2. The van der Waals surface area contributed by atoms with Gasteiger partial charge in [0.25, 0.3) is 0 Å². The van der Waals surface area contributed by atoms with Crippen LogP contribution in [0.3, 0.4) is 0 Å². The first-order valence-corrected chi connectivity index (χ1v) is 10.8. The average molecular weight is 442 g/mol. The quantitative estimate of drug-likeness (QED) is 0.497. The van der Waals surface area contributed by atoms with Gasteiger partial charge < -0.3 is 24.8 Å². The zero-order valence-electron chi connectivity index (χ0n) is 18.3. The molecule has 9 nitrogen and oxygen atoms in total. The van der Waals surface area contributed by atoms with Gasteiger partial charge in [0, 0.05) is 37.4 Å². The maximum absolute atomic E-state index is 14.5. The fraction of sp³-hybridized carbons (Fsp3) is 0.455. The third-order valence-electron chi connectivity index (χ3n) is 5.53. The number of hydrogen-bond acceptors (Lipinski definition) is 5. The van der Waals surface area contributed by atoms with Gasteiger partial charge in [0.15, 0.2) is 0 Å². The highest BCUT2D eigenvalue weighted by Gasteiger charge is 2.23. The molecule has 0 aliphatic carbocycles. The topological polar surface area (TPSA) is 110 Å². The van der Waals surface area contributed by atoms with Crippen LogP contribution in [0.1, 0.15) is 26.7 Å². The van der Waals surface area contributed by atoms with E-state index in [4.69, 9.17) is 10.1 Å². The Morgan fingerprint density at radius 1 is 1.28 bits per heavy atom. The molecule has 2 atom stereocenters. The van der Waals surface area contributed by atoms with Crippen molar-refractivity contribution in [3.63, 3.8) is 0 Å². The van der Waals surface area contributed by atoms with E-state index in [0.717, 1.165) is 25.9 Å². The Balaban J connectivity index is 1.44. The molecule has 3 heterocycles. The van der Waals surface area contributed by atoms with Gasteiger partial charge in [-0.2, -0.15) is 0 Å². The minimum Gasteiger partial charge on any atom is -0.372 e. The molecule has 1 aromatic heterocycles. The zero-order valence-corrected chi connectivity index (χ0v) is 18.3. The standard InChI is InChI=1S/C22H28FN7O2/c1-14-12-30(13-15(2)32-14)20(24)11-26-21-25-10-19(28-21)17-9-16(5-6-18(17)23)27-22(31)29-7-3-4-8-29/h5-6,9-11,14-15,24H,3-4,7-8,12-13H2,1-2H3,(H,25,28)(H,27,31)/b24-20?,26-11-. The molecule has 10 heteroatoms. The number of rotatable bonds is 4. The van der Waals surface area contributed by atoms with E-state index in [1.165, 1.54) is 24.5 Å². The number of morpholine rings is 1. The summed E-state index contributed by atoms with van der Waals surface area (Å²) in [6, 6.07) is 4.24. The molecular formula is C22H28FN7O2. The summed E-state index contributed by atoms with van der Waals surface area (Å²) in [5, 5.41) is 11.1. The number of hydrogen-bond donors (Lipinski definition) is 3. The SMILES string of the molecule is CC1CN(C(=N)/C=N\c2ncc(-c3cc(NC(=O)N4CCCC4)ccc3F)[nH]2)CC(C)O1. The summed E-state index contributed by atoms with van der Waals surface area (Å²) in [6.07, 6.45) is 5.00. The van der Waals surface area contributed by atoms with Crippen LogP contribution in [0.2, 0.25) is 0 Å². The lowest BCUT2D eigenvalue weighted by molar-refractivity contribution is -0.0476. The highest BCUT2D eigenvalue weighted by molar-refractivity contribution is 6.28. The van der Waals surface area contributed by atoms with Gasteiger partial charge >= 0.3 is 6.03 Å². The Bertz CT molecular complexity index is 1010. The van der Waals surface area contributed by atoms with E-state index in [-0.39, 0.29) is 35.6 Å². The number of amidine groups is 1. The molecule has 0 saturated carbocycles. The van der Waals surface area contributed by atoms with Crippen LogP contribution < -0.4 is 5.32 Å². The van der Waals surface area contributed by atoms with E-state index in [9.17, 15) is 9.18 Å². The van der Waals surface area contributed by atoms with Gasteiger partial charge in [0.05, 0.1) is 30.3 Å². The predicted molar refractivity (Wildman–Crippen MR) is 121 cm³/mol. The summed E-state index contributed by atoms with van der Waals surface area (Å²) in [5.74, 6) is 0.0974. The number of aromatic amines is 1. The number of ether oxygens (including phenoxy) is 1. The third-order valence-corrected chi connectivity index (χ3v) is 5.53. The molecule has 2 aliphatic heterocycles. The summed E-state index contributed by atoms with van der Waals surface area (Å²) >= 11 is 0. The minimum atomic E-state index is -0.438. The second kappa shape index (κ2) is 9.47. The number of nitrogens with zero attached hydrogens (tertiary/aromatic N) is 4. The van der Waals surface area contributed by atoms with Crippen LogP contribution in [0.5, 0.6) is 0 Å². The smallest absolute Gasteiger partial charge is 0.321 e. The van der Waals surface area contributed by atoms with E-state index < -0.39 is 5.82 Å². The van der Waals surface area contributed by atoms with Gasteiger partial charge in [0.1, 0.15) is 11.7 Å². The number of anilines is 1. The molecule has 2 saturated heterocycles. The summed E-state index contributed by atoms with van der Waals surface area (Å²) in [7, 11) is 0. The number of H-pyrrole nitrogens is 1. The number of benzene rings is 1. The maximum Gasteiger partial charge on any atom is 0.321 e. The Labute approximate surface area is 186 Å². The molecule has 1 aromatic carbocycles. The number of carbonyl (C=O) groups is 1. The molecule has 2 aliphatic rings. The van der Waals surface area contributed by atoms with Gasteiger partial charge in [0.2, 0.25) is 5.95 Å². The van der Waals surface area contributed by atoms with Gasteiger partial charge in [-0.3, -0.25) is 5.41 Å². The van der Waals surface area contributed by atoms with E-state index in [1.54, 1.807) is 11.0 Å². The molecule has 0 radical (unpaired) electrons. The van der Waals surface area contributed by atoms with Crippen LogP contribution >= 0.6 is 0 Å². The van der Waals surface area contributed by atoms with Gasteiger partial charge in [-0.05, 0) is 44.9 Å². The first kappa shape index (κ1) is 21.9. The second-order valence-corrected chi connectivity index (χ2v) is 8.25. The first-order chi connectivity index (χ1) is 15.4. The fourth-order valence-corrected chi connectivity index (χ4v) is 4.02. The second-order valence-electron chi connectivity index (χ2n) is 8.25. The molecular weight excluding hydrogens is 413 g/mol. The summed E-state index contributed by atoms with van der Waals surface area (Å²) in [6.45, 7) is 6.67. The molecule has 2 aromatic rings. The molecule has 0 bridgehead atoms. The number of halogens is 1. The van der Waals surface area contributed by atoms with Crippen molar-refractivity contribution in [3.8, 4) is 11.3 Å². The molecule has 32 heavy (non-hydrogen) atoms. The lowest BCUT2D eigenvalue weighted by Gasteiger charge is -2.35. The van der Waals surface area contributed by atoms with Gasteiger partial charge in [-0.15, -0.1) is 0 Å². The number of aliphatic imine (C=N–C) groups is 1. The van der Waals surface area contributed by atoms with Crippen LogP contribution in [0.15, 0.2) is 29.4 Å². The number of likely N-dealkylation sites (tertiary alicyclic amines) is 1. The van der Waals surface area contributed by atoms with E-state index in [0.29, 0.717) is 24.5 Å². The monoisotopic (exact) mass is 441 g/mol. The number of imidazole rings is 1. The number of carbonyl (C=O) groups excluding carboxylic acids is 1. The maximum atomic E-state index is 14.5. The Kier molecular flexibility index (Phi) is 6.50. The van der Waals surface area contributed by atoms with Crippen molar-refractivity contribution >= 4 is 29.7 Å². The lowest BCUT2D eigenvalue weighted by atomic mass is 10.1. The Morgan fingerprint density at radius 2 is 2.00 bits per heavy atom. The van der Waals surface area contributed by atoms with E-state index in [1.807, 2.05) is 18.7 Å². The normalized spacial score (nSPS) is 21.3. The van der Waals surface area contributed by atoms with Crippen LogP contribution in [-0.2, 0) is 4.74 Å². The lowest BCUT2D eigenvalue weighted by Crippen LogP contribution is -2.48. The zero-order chi connectivity index (χ0) is 22.7. The number of nitrogens with one attached hydrogen (secondary N) is 3. The molecule has 4 rings (SSSR count). The van der Waals surface area contributed by atoms with E-state index in [2.05, 4.69) is 20.3 Å². The van der Waals surface area contributed by atoms with Gasteiger partial charge in [-0.25, -0.2) is 19.2 Å². The fourth-order valence-electron chi connectivity index (χ4n) is 4.02. The number of urea groups is 1. The number of amides is 2. The highest BCUT2D eigenvalue weighted by Crippen LogP contribution is 2.26. The minimum absolute atomic E-state index is 0.0453. The molecule has 0 spiro atoms. The van der Waals surface area contributed by atoms with Crippen LogP contribution in [0, 0.1) is 11.2 Å². The molecule has 2 unspecified atom stereocenters. The first-order valence-electron chi connectivity index (χ1n) is 10.8. The molecule has 3 N–H and O–H groups in total. The Morgan fingerprint density at radius 3 is 2.72 bits per heavy atom. The summed E-state index contributed by atoms with van der Waals surface area (Å²) in [4.78, 5) is 27.4. The molecule has 2 fully saturated rings. The van der Waals surface area contributed by atoms with Gasteiger partial charge in [-0.1, -0.05) is 0 Å². The van der Waals surface area contributed by atoms with Crippen LogP contribution in [-0.4, -0.2) is 76.2 Å². The summed E-state index contributed by atoms with van der Waals surface area (Å²) in [5.41, 5.74) is 1.23. The van der Waals surface area contributed by atoms with Crippen molar-refractivity contribution < 1.29 is 13.9 Å². The van der Waals surface area contributed by atoms with Crippen molar-refractivity contribution in [2.75, 3.05) is 31.5 Å². The largest absolute Gasteiger partial charge is 0.372 e. The van der Waals surface area contributed by atoms with Crippen molar-refractivity contribution in [2.24, 2.45) is 4.99 Å². The predicted octanol–water partition coefficient (Wildman–Crippen LogP) is 3.63. The molecule has 2 amide bonds. The molecule has 170 valence electrons. The highest BCUT2D eigenvalue weighted by atomic mass is 19.1. The van der Waals surface area contributed by atoms with Crippen molar-refractivity contribution in [1.29, 1.82) is 5.41 Å². The van der Waals surface area contributed by atoms with Crippen molar-refractivity contribution in [3.05, 3.63) is 30.2 Å².